The van der Waals surface area contributed by atoms with Gasteiger partial charge in [0.1, 0.15) is 5.01 Å². The fourth-order valence-electron chi connectivity index (χ4n) is 2.49. The number of hydrogen-bond acceptors (Lipinski definition) is 5. The lowest BCUT2D eigenvalue weighted by atomic mass is 10.1. The van der Waals surface area contributed by atoms with E-state index in [2.05, 4.69) is 15.1 Å². The van der Waals surface area contributed by atoms with Crippen LogP contribution in [0.3, 0.4) is 0 Å². The molecule has 4 aromatic rings. The predicted molar refractivity (Wildman–Crippen MR) is 90.2 cm³/mol. The molecule has 0 unspecified atom stereocenters. The molecule has 0 saturated heterocycles. The first-order chi connectivity index (χ1) is 11.3. The quantitative estimate of drug-likeness (QED) is 0.628. The van der Waals surface area contributed by atoms with Crippen LogP contribution in [0, 0.1) is 6.92 Å². The largest absolute Gasteiger partial charge is 0.390 e. The number of fused-ring (bicyclic) bond motifs is 1. The van der Waals surface area contributed by atoms with Gasteiger partial charge in [-0.3, -0.25) is 4.98 Å². The number of benzene rings is 1. The van der Waals surface area contributed by atoms with E-state index >= 15 is 0 Å². The molecule has 1 N–H and O–H groups in total. The first kappa shape index (κ1) is 14.0. The lowest BCUT2D eigenvalue weighted by molar-refractivity contribution is 0.275. The van der Waals surface area contributed by atoms with Crippen LogP contribution in [0.5, 0.6) is 0 Å². The number of aryl methyl sites for hydroxylation is 1. The normalized spacial score (nSPS) is 11.2. The lowest BCUT2D eigenvalue weighted by Crippen LogP contribution is -1.95. The molecule has 0 saturated carbocycles. The highest BCUT2D eigenvalue weighted by Crippen LogP contribution is 2.30. The van der Waals surface area contributed by atoms with Crippen LogP contribution in [-0.4, -0.2) is 24.7 Å². The summed E-state index contributed by atoms with van der Waals surface area (Å²) in [6, 6.07) is 11.9. The number of pyridine rings is 1. The maximum atomic E-state index is 9.79. The molecule has 23 heavy (non-hydrogen) atoms. The van der Waals surface area contributed by atoms with Crippen LogP contribution >= 0.6 is 11.3 Å². The van der Waals surface area contributed by atoms with Gasteiger partial charge in [-0.2, -0.15) is 5.10 Å². The van der Waals surface area contributed by atoms with Crippen LogP contribution in [0.2, 0.25) is 0 Å². The number of rotatable bonds is 3. The summed E-state index contributed by atoms with van der Waals surface area (Å²) in [5.41, 5.74) is 4.67. The Morgan fingerprint density at radius 2 is 1.78 bits per heavy atom. The number of aliphatic hydroxyl groups excluding tert-OH is 1. The maximum absolute atomic E-state index is 9.79. The van der Waals surface area contributed by atoms with E-state index in [0.29, 0.717) is 5.69 Å². The minimum Gasteiger partial charge on any atom is -0.390 e. The Hall–Kier alpha value is -2.57. The Bertz CT molecular complexity index is 958. The van der Waals surface area contributed by atoms with Gasteiger partial charge >= 0.3 is 0 Å². The number of aliphatic hydroxyl groups is 1. The molecule has 4 rings (SSSR count). The second-order valence-electron chi connectivity index (χ2n) is 5.27. The van der Waals surface area contributed by atoms with E-state index in [1.807, 2.05) is 43.3 Å². The molecule has 0 atom stereocenters. The maximum Gasteiger partial charge on any atom is 0.213 e. The van der Waals surface area contributed by atoms with Crippen LogP contribution in [0.1, 0.15) is 11.3 Å². The molecule has 0 aliphatic rings. The van der Waals surface area contributed by atoms with Gasteiger partial charge in [0, 0.05) is 23.5 Å². The van der Waals surface area contributed by atoms with E-state index in [1.54, 1.807) is 16.9 Å². The summed E-state index contributed by atoms with van der Waals surface area (Å²) in [7, 11) is 0. The summed E-state index contributed by atoms with van der Waals surface area (Å²) in [5.74, 6) is 0. The van der Waals surface area contributed by atoms with Gasteiger partial charge in [-0.05, 0) is 19.1 Å². The van der Waals surface area contributed by atoms with Crippen molar-refractivity contribution in [3.05, 3.63) is 60.0 Å². The van der Waals surface area contributed by atoms with Crippen molar-refractivity contribution in [1.29, 1.82) is 0 Å². The second-order valence-corrected chi connectivity index (χ2v) is 6.22. The SMILES string of the molecule is Cc1ccc(-c2nc3sc(-c4ccncc4)nn3c2CO)cc1. The summed E-state index contributed by atoms with van der Waals surface area (Å²) in [4.78, 5) is 9.47. The Kier molecular flexibility index (Phi) is 3.40. The van der Waals surface area contributed by atoms with E-state index in [4.69, 9.17) is 0 Å². The molecule has 0 amide bonds. The first-order valence-corrected chi connectivity index (χ1v) is 8.04. The summed E-state index contributed by atoms with van der Waals surface area (Å²) in [6.45, 7) is 1.94. The third kappa shape index (κ3) is 2.42. The van der Waals surface area contributed by atoms with Crippen molar-refractivity contribution in [2.45, 2.75) is 13.5 Å². The van der Waals surface area contributed by atoms with Gasteiger partial charge in [0.15, 0.2) is 0 Å². The highest BCUT2D eigenvalue weighted by atomic mass is 32.1. The summed E-state index contributed by atoms with van der Waals surface area (Å²) in [6.07, 6.45) is 3.48. The molecule has 6 heteroatoms. The molecule has 1 aromatic carbocycles. The van der Waals surface area contributed by atoms with Gasteiger partial charge in [-0.15, -0.1) is 0 Å². The molecule has 3 heterocycles. The van der Waals surface area contributed by atoms with Crippen LogP contribution in [0.25, 0.3) is 26.8 Å². The molecule has 3 aromatic heterocycles. The van der Waals surface area contributed by atoms with Gasteiger partial charge in [0.2, 0.25) is 4.96 Å². The van der Waals surface area contributed by atoms with Gasteiger partial charge < -0.3 is 5.11 Å². The second kappa shape index (κ2) is 5.57. The Morgan fingerprint density at radius 3 is 2.48 bits per heavy atom. The van der Waals surface area contributed by atoms with Gasteiger partial charge in [0.25, 0.3) is 0 Å². The zero-order valence-corrected chi connectivity index (χ0v) is 13.3. The fraction of sp³-hybridized carbons (Fsp3) is 0.118. The number of aromatic nitrogens is 4. The third-order valence-corrected chi connectivity index (χ3v) is 4.66. The average Bonchev–Trinajstić information content (AvgIpc) is 3.14. The van der Waals surface area contributed by atoms with Crippen LogP contribution in [0.15, 0.2) is 48.8 Å². The molecule has 0 spiro atoms. The van der Waals surface area contributed by atoms with E-state index < -0.39 is 0 Å². The van der Waals surface area contributed by atoms with Crippen LogP contribution in [-0.2, 0) is 6.61 Å². The van der Waals surface area contributed by atoms with Crippen LogP contribution < -0.4 is 0 Å². The van der Waals surface area contributed by atoms with E-state index in [9.17, 15) is 5.11 Å². The third-order valence-electron chi connectivity index (χ3n) is 3.70. The number of hydrogen-bond donors (Lipinski definition) is 1. The summed E-state index contributed by atoms with van der Waals surface area (Å²) < 4.78 is 1.73. The Labute approximate surface area is 136 Å². The van der Waals surface area contributed by atoms with E-state index in [1.165, 1.54) is 16.9 Å². The molecular formula is C17H14N4OS. The van der Waals surface area contributed by atoms with Crippen molar-refractivity contribution in [3.63, 3.8) is 0 Å². The lowest BCUT2D eigenvalue weighted by Gasteiger charge is -2.01. The standard InChI is InChI=1S/C17H14N4OS/c1-11-2-4-12(5-3-11)15-14(10-22)21-17(19-15)23-16(20-21)13-6-8-18-9-7-13/h2-9,22H,10H2,1H3. The van der Waals surface area contributed by atoms with Crippen molar-refractivity contribution in [3.8, 4) is 21.8 Å². The Morgan fingerprint density at radius 1 is 1.04 bits per heavy atom. The van der Waals surface area contributed by atoms with Crippen molar-refractivity contribution < 1.29 is 5.11 Å². The molecule has 0 bridgehead atoms. The fourth-order valence-corrected chi connectivity index (χ4v) is 3.41. The molecule has 0 aliphatic heterocycles. The Balaban J connectivity index is 1.85. The minimum atomic E-state index is -0.107. The zero-order chi connectivity index (χ0) is 15.8. The van der Waals surface area contributed by atoms with E-state index in [-0.39, 0.29) is 6.61 Å². The number of nitrogens with zero attached hydrogens (tertiary/aromatic N) is 4. The van der Waals surface area contributed by atoms with Crippen molar-refractivity contribution in [2.24, 2.45) is 0 Å². The molecule has 0 aliphatic carbocycles. The highest BCUT2D eigenvalue weighted by molar-refractivity contribution is 7.19. The smallest absolute Gasteiger partial charge is 0.213 e. The van der Waals surface area contributed by atoms with Gasteiger partial charge in [-0.1, -0.05) is 41.2 Å². The highest BCUT2D eigenvalue weighted by Gasteiger charge is 2.17. The molecular weight excluding hydrogens is 308 g/mol. The molecule has 0 radical (unpaired) electrons. The number of imidazole rings is 1. The first-order valence-electron chi connectivity index (χ1n) is 7.23. The average molecular weight is 322 g/mol. The van der Waals surface area contributed by atoms with Crippen molar-refractivity contribution >= 4 is 16.3 Å². The van der Waals surface area contributed by atoms with Gasteiger partial charge in [0.05, 0.1) is 18.0 Å². The van der Waals surface area contributed by atoms with Crippen LogP contribution in [0.4, 0.5) is 0 Å². The summed E-state index contributed by atoms with van der Waals surface area (Å²) >= 11 is 1.50. The predicted octanol–water partition coefficient (Wildman–Crippen LogP) is 3.32. The monoisotopic (exact) mass is 322 g/mol. The van der Waals surface area contributed by atoms with E-state index in [0.717, 1.165) is 26.8 Å². The van der Waals surface area contributed by atoms with Gasteiger partial charge in [-0.25, -0.2) is 9.50 Å². The zero-order valence-electron chi connectivity index (χ0n) is 12.5. The summed E-state index contributed by atoms with van der Waals surface area (Å²) in [5, 5.41) is 15.3. The minimum absolute atomic E-state index is 0.107. The van der Waals surface area contributed by atoms with Crippen molar-refractivity contribution in [1.82, 2.24) is 19.6 Å². The molecule has 114 valence electrons. The molecule has 5 nitrogen and oxygen atoms in total. The van der Waals surface area contributed by atoms with Crippen molar-refractivity contribution in [2.75, 3.05) is 0 Å². The molecule has 0 fully saturated rings. The topological polar surface area (TPSA) is 63.3 Å².